The van der Waals surface area contributed by atoms with Gasteiger partial charge >= 0.3 is 0 Å². The van der Waals surface area contributed by atoms with E-state index in [0.717, 1.165) is 12.2 Å². The number of aryl methyl sites for hydroxylation is 1. The van der Waals surface area contributed by atoms with Crippen LogP contribution in [-0.4, -0.2) is 21.7 Å². The van der Waals surface area contributed by atoms with Gasteiger partial charge in [-0.3, -0.25) is 4.79 Å². The number of nitrogens with one attached hydrogen (secondary N) is 2. The Kier molecular flexibility index (Phi) is 5.26. The van der Waals surface area contributed by atoms with Gasteiger partial charge in [0.25, 0.3) is 5.91 Å². The number of hydrogen-bond donors (Lipinski definition) is 2. The molecular formula is C22H31FN4O. The molecule has 1 atom stereocenters. The average Bonchev–Trinajstić information content (AvgIpc) is 2.96. The van der Waals surface area contributed by atoms with Crippen molar-refractivity contribution < 1.29 is 9.18 Å². The van der Waals surface area contributed by atoms with Gasteiger partial charge in [0.05, 0.1) is 16.8 Å². The number of amides is 1. The normalized spacial score (nSPS) is 18.3. The lowest BCUT2D eigenvalue weighted by molar-refractivity contribution is 0.0887. The van der Waals surface area contributed by atoms with Crippen LogP contribution in [0.2, 0.25) is 0 Å². The Morgan fingerprint density at radius 2 is 2.00 bits per heavy atom. The molecule has 1 aromatic carbocycles. The molecule has 28 heavy (non-hydrogen) atoms. The maximum atomic E-state index is 14.6. The number of aromatic nitrogens is 2. The summed E-state index contributed by atoms with van der Waals surface area (Å²) in [5.41, 5.74) is 0.800. The SMILES string of the molecule is CCC(CC)(NC(=O)c1c(C)nn2c1N[C@@H](C)CC2(C)C)c1ccccc1F. The summed E-state index contributed by atoms with van der Waals surface area (Å²) in [6.45, 7) is 12.2. The lowest BCUT2D eigenvalue weighted by Crippen LogP contribution is -2.46. The molecule has 6 heteroatoms. The van der Waals surface area contributed by atoms with E-state index >= 15 is 0 Å². The van der Waals surface area contributed by atoms with E-state index in [1.807, 2.05) is 31.5 Å². The van der Waals surface area contributed by atoms with Gasteiger partial charge in [0.1, 0.15) is 17.2 Å². The Morgan fingerprint density at radius 1 is 1.36 bits per heavy atom. The van der Waals surface area contributed by atoms with Crippen molar-refractivity contribution in [3.8, 4) is 0 Å². The third kappa shape index (κ3) is 3.29. The fourth-order valence-electron chi connectivity index (χ4n) is 4.49. The van der Waals surface area contributed by atoms with Gasteiger partial charge in [-0.25, -0.2) is 9.07 Å². The second-order valence-electron chi connectivity index (χ2n) is 8.51. The molecule has 1 aliphatic heterocycles. The Labute approximate surface area is 166 Å². The van der Waals surface area contributed by atoms with Crippen molar-refractivity contribution in [3.63, 3.8) is 0 Å². The van der Waals surface area contributed by atoms with Gasteiger partial charge in [-0.05, 0) is 53.0 Å². The van der Waals surface area contributed by atoms with E-state index < -0.39 is 5.54 Å². The number of benzene rings is 1. The molecule has 2 aromatic rings. The molecule has 5 nitrogen and oxygen atoms in total. The number of carbonyl (C=O) groups excluding carboxylic acids is 1. The van der Waals surface area contributed by atoms with Crippen LogP contribution in [0, 0.1) is 12.7 Å². The van der Waals surface area contributed by atoms with Crippen LogP contribution in [0.1, 0.15) is 75.5 Å². The third-order valence-electron chi connectivity index (χ3n) is 6.00. The quantitative estimate of drug-likeness (QED) is 0.782. The number of fused-ring (bicyclic) bond motifs is 1. The highest BCUT2D eigenvalue weighted by Gasteiger charge is 2.38. The summed E-state index contributed by atoms with van der Waals surface area (Å²) in [6.07, 6.45) is 2.10. The van der Waals surface area contributed by atoms with Gasteiger partial charge in [0.2, 0.25) is 0 Å². The fourth-order valence-corrected chi connectivity index (χ4v) is 4.49. The topological polar surface area (TPSA) is 59.0 Å². The number of carbonyl (C=O) groups is 1. The Balaban J connectivity index is 2.03. The number of hydrogen-bond acceptors (Lipinski definition) is 3. The molecule has 0 fully saturated rings. The minimum atomic E-state index is -0.764. The van der Waals surface area contributed by atoms with Crippen LogP contribution >= 0.6 is 0 Å². The molecule has 1 aliphatic rings. The zero-order valence-electron chi connectivity index (χ0n) is 17.7. The molecule has 0 bridgehead atoms. The summed E-state index contributed by atoms with van der Waals surface area (Å²) >= 11 is 0. The van der Waals surface area contributed by atoms with Crippen LogP contribution in [-0.2, 0) is 11.1 Å². The average molecular weight is 387 g/mol. The van der Waals surface area contributed by atoms with E-state index in [2.05, 4.69) is 36.5 Å². The molecule has 1 amide bonds. The molecule has 0 aliphatic carbocycles. The van der Waals surface area contributed by atoms with E-state index in [1.165, 1.54) is 6.07 Å². The second-order valence-corrected chi connectivity index (χ2v) is 8.51. The summed E-state index contributed by atoms with van der Waals surface area (Å²) in [6, 6.07) is 6.91. The summed E-state index contributed by atoms with van der Waals surface area (Å²) < 4.78 is 16.5. The van der Waals surface area contributed by atoms with Crippen LogP contribution in [0.25, 0.3) is 0 Å². The molecular weight excluding hydrogens is 355 g/mol. The molecule has 0 spiro atoms. The summed E-state index contributed by atoms with van der Waals surface area (Å²) in [5.74, 6) is 0.227. The maximum absolute atomic E-state index is 14.6. The number of halogens is 1. The largest absolute Gasteiger partial charge is 0.367 e. The molecule has 1 aromatic heterocycles. The van der Waals surface area contributed by atoms with Gasteiger partial charge in [-0.2, -0.15) is 5.10 Å². The second kappa shape index (κ2) is 7.22. The molecule has 2 heterocycles. The van der Waals surface area contributed by atoms with Crippen molar-refractivity contribution in [3.05, 3.63) is 46.9 Å². The lowest BCUT2D eigenvalue weighted by atomic mass is 9.84. The molecule has 0 saturated carbocycles. The number of nitrogens with zero attached hydrogens (tertiary/aromatic N) is 2. The smallest absolute Gasteiger partial charge is 0.257 e. The van der Waals surface area contributed by atoms with Gasteiger partial charge < -0.3 is 10.6 Å². The van der Waals surface area contributed by atoms with Crippen LogP contribution < -0.4 is 10.6 Å². The van der Waals surface area contributed by atoms with Gasteiger partial charge in [0.15, 0.2) is 0 Å². The van der Waals surface area contributed by atoms with Crippen molar-refractivity contribution in [2.75, 3.05) is 5.32 Å². The van der Waals surface area contributed by atoms with E-state index in [-0.39, 0.29) is 23.3 Å². The van der Waals surface area contributed by atoms with Crippen LogP contribution in [0.4, 0.5) is 10.2 Å². The van der Waals surface area contributed by atoms with E-state index in [4.69, 9.17) is 0 Å². The standard InChI is InChI=1S/C22H31FN4O/c1-7-22(8-2,16-11-9-10-12-17(16)23)25-20(28)18-15(4)26-27-19(18)24-14(3)13-21(27,5)6/h9-12,14,24H,7-8,13H2,1-6H3,(H,25,28)/t14-/m0/s1. The minimum Gasteiger partial charge on any atom is -0.367 e. The van der Waals surface area contributed by atoms with Gasteiger partial charge in [0, 0.05) is 11.6 Å². The molecule has 152 valence electrons. The number of rotatable bonds is 5. The first-order valence-electron chi connectivity index (χ1n) is 10.1. The maximum Gasteiger partial charge on any atom is 0.257 e. The first kappa shape index (κ1) is 20.4. The van der Waals surface area contributed by atoms with Crippen molar-refractivity contribution in [1.29, 1.82) is 0 Å². The molecule has 0 saturated heterocycles. The summed E-state index contributed by atoms with van der Waals surface area (Å²) in [5, 5.41) is 11.2. The van der Waals surface area contributed by atoms with Crippen LogP contribution in [0.3, 0.4) is 0 Å². The Hall–Kier alpha value is -2.37. The highest BCUT2D eigenvalue weighted by Crippen LogP contribution is 2.36. The molecule has 3 rings (SSSR count). The molecule has 0 radical (unpaired) electrons. The Morgan fingerprint density at radius 3 is 2.61 bits per heavy atom. The van der Waals surface area contributed by atoms with E-state index in [9.17, 15) is 9.18 Å². The Bertz CT molecular complexity index is 883. The van der Waals surface area contributed by atoms with E-state index in [0.29, 0.717) is 29.7 Å². The minimum absolute atomic E-state index is 0.179. The van der Waals surface area contributed by atoms with Crippen LogP contribution in [0.15, 0.2) is 24.3 Å². The van der Waals surface area contributed by atoms with Crippen LogP contribution in [0.5, 0.6) is 0 Å². The molecule has 2 N–H and O–H groups in total. The third-order valence-corrected chi connectivity index (χ3v) is 6.00. The summed E-state index contributed by atoms with van der Waals surface area (Å²) in [4.78, 5) is 13.4. The first-order chi connectivity index (χ1) is 13.1. The van der Waals surface area contributed by atoms with Crippen molar-refractivity contribution in [2.24, 2.45) is 0 Å². The fraction of sp³-hybridized carbons (Fsp3) is 0.545. The molecule has 0 unspecified atom stereocenters. The van der Waals surface area contributed by atoms with Crippen molar-refractivity contribution in [1.82, 2.24) is 15.1 Å². The van der Waals surface area contributed by atoms with Gasteiger partial charge in [-0.1, -0.05) is 32.0 Å². The van der Waals surface area contributed by atoms with Crippen molar-refractivity contribution in [2.45, 2.75) is 77.9 Å². The zero-order valence-corrected chi connectivity index (χ0v) is 17.7. The van der Waals surface area contributed by atoms with Crippen molar-refractivity contribution >= 4 is 11.7 Å². The monoisotopic (exact) mass is 386 g/mol. The number of anilines is 1. The highest BCUT2D eigenvalue weighted by atomic mass is 19.1. The summed E-state index contributed by atoms with van der Waals surface area (Å²) in [7, 11) is 0. The highest BCUT2D eigenvalue weighted by molar-refractivity contribution is 6.00. The zero-order chi connectivity index (χ0) is 20.7. The van der Waals surface area contributed by atoms with Gasteiger partial charge in [-0.15, -0.1) is 0 Å². The predicted molar refractivity (Wildman–Crippen MR) is 110 cm³/mol. The van der Waals surface area contributed by atoms with E-state index in [1.54, 1.807) is 12.1 Å². The lowest BCUT2D eigenvalue weighted by Gasteiger charge is -2.37. The predicted octanol–water partition coefficient (Wildman–Crippen LogP) is 4.72. The first-order valence-corrected chi connectivity index (χ1v) is 10.1.